The van der Waals surface area contributed by atoms with Crippen molar-refractivity contribution >= 4 is 39.1 Å². The number of pyridine rings is 1. The molecule has 0 atom stereocenters. The third-order valence-corrected chi connectivity index (χ3v) is 3.13. The first-order valence-electron chi connectivity index (χ1n) is 5.05. The van der Waals surface area contributed by atoms with Gasteiger partial charge in [0.2, 0.25) is 0 Å². The third-order valence-electron chi connectivity index (χ3n) is 2.21. The number of benzene rings is 1. The van der Waals surface area contributed by atoms with Crippen LogP contribution in [0.15, 0.2) is 34.9 Å². The zero-order chi connectivity index (χ0) is 14.0. The Bertz CT molecular complexity index is 611. The summed E-state index contributed by atoms with van der Waals surface area (Å²) in [6.45, 7) is 0. The molecule has 0 unspecified atom stereocenters. The van der Waals surface area contributed by atoms with Crippen LogP contribution in [-0.2, 0) is 0 Å². The van der Waals surface area contributed by atoms with Crippen molar-refractivity contribution < 1.29 is 13.6 Å². The number of halogens is 4. The molecule has 0 radical (unpaired) electrons. The number of anilines is 1. The van der Waals surface area contributed by atoms with Crippen LogP contribution in [0.1, 0.15) is 10.5 Å². The molecule has 3 nitrogen and oxygen atoms in total. The quantitative estimate of drug-likeness (QED) is 0.891. The van der Waals surface area contributed by atoms with Gasteiger partial charge >= 0.3 is 0 Å². The standard InChI is InChI=1S/C12H6BrClF2N2O/c13-8-3-7(16)4-9(14)11(8)18-12(19)10-2-1-6(15)5-17-10/h1-5H,(H,18,19). The summed E-state index contributed by atoms with van der Waals surface area (Å²) in [5, 5.41) is 2.52. The Balaban J connectivity index is 2.26. The largest absolute Gasteiger partial charge is 0.318 e. The highest BCUT2D eigenvalue weighted by molar-refractivity contribution is 9.10. The average Bonchev–Trinajstić information content (AvgIpc) is 2.34. The van der Waals surface area contributed by atoms with Crippen molar-refractivity contribution in [1.82, 2.24) is 4.98 Å². The Hall–Kier alpha value is -1.53. The molecule has 2 rings (SSSR count). The van der Waals surface area contributed by atoms with Crippen molar-refractivity contribution in [3.05, 3.63) is 57.3 Å². The highest BCUT2D eigenvalue weighted by atomic mass is 79.9. The molecule has 0 spiro atoms. The van der Waals surface area contributed by atoms with Gasteiger partial charge in [-0.15, -0.1) is 0 Å². The normalized spacial score (nSPS) is 10.3. The minimum Gasteiger partial charge on any atom is -0.318 e. The Kier molecular flexibility index (Phi) is 4.11. The van der Waals surface area contributed by atoms with Gasteiger partial charge in [0.15, 0.2) is 0 Å². The summed E-state index contributed by atoms with van der Waals surface area (Å²) < 4.78 is 26.0. The maximum absolute atomic E-state index is 13.0. The third kappa shape index (κ3) is 3.27. The molecule has 1 aromatic carbocycles. The van der Waals surface area contributed by atoms with E-state index in [0.717, 1.165) is 18.3 Å². The van der Waals surface area contributed by atoms with E-state index in [1.165, 1.54) is 12.1 Å². The Morgan fingerprint density at radius 3 is 2.58 bits per heavy atom. The van der Waals surface area contributed by atoms with Crippen molar-refractivity contribution in [1.29, 1.82) is 0 Å². The van der Waals surface area contributed by atoms with Gasteiger partial charge in [-0.2, -0.15) is 0 Å². The van der Waals surface area contributed by atoms with Gasteiger partial charge in [-0.1, -0.05) is 11.6 Å². The predicted molar refractivity (Wildman–Crippen MR) is 71.3 cm³/mol. The van der Waals surface area contributed by atoms with Crippen LogP contribution in [0.4, 0.5) is 14.5 Å². The van der Waals surface area contributed by atoms with E-state index in [2.05, 4.69) is 26.2 Å². The van der Waals surface area contributed by atoms with Gasteiger partial charge in [0, 0.05) is 4.47 Å². The van der Waals surface area contributed by atoms with Gasteiger partial charge in [0.05, 0.1) is 16.9 Å². The monoisotopic (exact) mass is 346 g/mol. The molecular weight excluding hydrogens is 341 g/mol. The first-order chi connectivity index (χ1) is 8.97. The summed E-state index contributed by atoms with van der Waals surface area (Å²) in [4.78, 5) is 15.5. The van der Waals surface area contributed by atoms with Crippen LogP contribution in [0.5, 0.6) is 0 Å². The molecule has 0 bridgehead atoms. The number of carbonyl (C=O) groups is 1. The van der Waals surface area contributed by atoms with Crippen molar-refractivity contribution in [2.75, 3.05) is 5.32 Å². The minimum absolute atomic E-state index is 0.0219. The number of hydrogen-bond donors (Lipinski definition) is 1. The summed E-state index contributed by atoms with van der Waals surface area (Å²) in [6, 6.07) is 4.58. The molecule has 0 aliphatic carbocycles. The molecule has 1 N–H and O–H groups in total. The number of rotatable bonds is 2. The maximum atomic E-state index is 13.0. The first kappa shape index (κ1) is 13.9. The summed E-state index contributed by atoms with van der Waals surface area (Å²) >= 11 is 8.92. The van der Waals surface area contributed by atoms with Gasteiger partial charge in [0.1, 0.15) is 17.3 Å². The number of amides is 1. The number of aromatic nitrogens is 1. The van der Waals surface area contributed by atoms with E-state index in [0.29, 0.717) is 4.47 Å². The molecule has 0 aliphatic rings. The molecule has 98 valence electrons. The molecule has 1 heterocycles. The molecule has 0 saturated carbocycles. The van der Waals surface area contributed by atoms with Gasteiger partial charge in [-0.3, -0.25) is 4.79 Å². The molecule has 0 fully saturated rings. The van der Waals surface area contributed by atoms with Crippen LogP contribution in [0.25, 0.3) is 0 Å². The van der Waals surface area contributed by atoms with Crippen molar-refractivity contribution in [3.8, 4) is 0 Å². The fourth-order valence-corrected chi connectivity index (χ4v) is 2.25. The van der Waals surface area contributed by atoms with E-state index in [9.17, 15) is 13.6 Å². The fraction of sp³-hybridized carbons (Fsp3) is 0. The van der Waals surface area contributed by atoms with Crippen LogP contribution in [-0.4, -0.2) is 10.9 Å². The van der Waals surface area contributed by atoms with E-state index < -0.39 is 17.5 Å². The Morgan fingerprint density at radius 2 is 2.00 bits per heavy atom. The highest BCUT2D eigenvalue weighted by Gasteiger charge is 2.13. The molecule has 1 amide bonds. The van der Waals surface area contributed by atoms with Crippen LogP contribution < -0.4 is 5.32 Å². The highest BCUT2D eigenvalue weighted by Crippen LogP contribution is 2.31. The van der Waals surface area contributed by atoms with Crippen LogP contribution in [0.2, 0.25) is 5.02 Å². The summed E-state index contributed by atoms with van der Waals surface area (Å²) in [5.41, 5.74) is 0.243. The van der Waals surface area contributed by atoms with Crippen LogP contribution in [0, 0.1) is 11.6 Å². The average molecular weight is 348 g/mol. The minimum atomic E-state index is -0.575. The summed E-state index contributed by atoms with van der Waals surface area (Å²) in [6.07, 6.45) is 0.927. The van der Waals surface area contributed by atoms with Crippen molar-refractivity contribution in [2.45, 2.75) is 0 Å². The molecule has 19 heavy (non-hydrogen) atoms. The van der Waals surface area contributed by atoms with Gasteiger partial charge in [0.25, 0.3) is 5.91 Å². The number of carbonyl (C=O) groups excluding carboxylic acids is 1. The van der Waals surface area contributed by atoms with Gasteiger partial charge in [-0.05, 0) is 40.2 Å². The fourth-order valence-electron chi connectivity index (χ4n) is 1.35. The number of nitrogens with one attached hydrogen (secondary N) is 1. The second-order valence-corrected chi connectivity index (χ2v) is 4.82. The number of hydrogen-bond acceptors (Lipinski definition) is 2. The van der Waals surface area contributed by atoms with Gasteiger partial charge in [-0.25, -0.2) is 13.8 Å². The second-order valence-electron chi connectivity index (χ2n) is 3.56. The van der Waals surface area contributed by atoms with Gasteiger partial charge < -0.3 is 5.32 Å². The molecule has 1 aromatic heterocycles. The van der Waals surface area contributed by atoms with E-state index in [1.54, 1.807) is 0 Å². The van der Waals surface area contributed by atoms with Crippen molar-refractivity contribution in [3.63, 3.8) is 0 Å². The topological polar surface area (TPSA) is 42.0 Å². The molecule has 2 aromatic rings. The lowest BCUT2D eigenvalue weighted by atomic mass is 10.3. The van der Waals surface area contributed by atoms with E-state index >= 15 is 0 Å². The Labute approximate surface area is 120 Å². The zero-order valence-corrected chi connectivity index (χ0v) is 11.6. The summed E-state index contributed by atoms with van der Waals surface area (Å²) in [7, 11) is 0. The smallest absolute Gasteiger partial charge is 0.274 e. The van der Waals surface area contributed by atoms with E-state index in [-0.39, 0.29) is 16.4 Å². The zero-order valence-electron chi connectivity index (χ0n) is 9.25. The van der Waals surface area contributed by atoms with E-state index in [4.69, 9.17) is 11.6 Å². The van der Waals surface area contributed by atoms with E-state index in [1.807, 2.05) is 0 Å². The number of nitrogens with zero attached hydrogens (tertiary/aromatic N) is 1. The summed E-state index contributed by atoms with van der Waals surface area (Å²) in [5.74, 6) is -1.65. The van der Waals surface area contributed by atoms with Crippen LogP contribution in [0.3, 0.4) is 0 Å². The molecule has 0 saturated heterocycles. The second kappa shape index (κ2) is 5.63. The van der Waals surface area contributed by atoms with Crippen molar-refractivity contribution in [2.24, 2.45) is 0 Å². The molecular formula is C12H6BrClF2N2O. The lowest BCUT2D eigenvalue weighted by Crippen LogP contribution is -2.14. The molecule has 7 heteroatoms. The first-order valence-corrected chi connectivity index (χ1v) is 6.22. The maximum Gasteiger partial charge on any atom is 0.274 e. The Morgan fingerprint density at radius 1 is 1.26 bits per heavy atom. The van der Waals surface area contributed by atoms with Crippen LogP contribution >= 0.6 is 27.5 Å². The predicted octanol–water partition coefficient (Wildman–Crippen LogP) is 4.03. The lowest BCUT2D eigenvalue weighted by Gasteiger charge is -2.09. The molecule has 0 aliphatic heterocycles. The SMILES string of the molecule is O=C(Nc1c(Cl)cc(F)cc1Br)c1ccc(F)cn1. The lowest BCUT2D eigenvalue weighted by molar-refractivity contribution is 0.102.